The topological polar surface area (TPSA) is 95.7 Å². The predicted octanol–water partition coefficient (Wildman–Crippen LogP) is 2.91. The highest BCUT2D eigenvalue weighted by molar-refractivity contribution is 6.30. The molecule has 1 aromatic heterocycles. The number of carbonyl (C=O) groups is 2. The molecule has 2 N–H and O–H groups in total. The zero-order valence-corrected chi connectivity index (χ0v) is 17.5. The molecule has 0 bridgehead atoms. The number of aliphatic hydroxyl groups excluding tert-OH is 1. The van der Waals surface area contributed by atoms with Gasteiger partial charge >= 0.3 is 0 Å². The molecule has 2 amide bonds. The summed E-state index contributed by atoms with van der Waals surface area (Å²) in [6, 6.07) is 7.88. The minimum atomic E-state index is -0.747. The number of nitrogens with zero attached hydrogens (tertiary/aromatic N) is 2. The normalized spacial score (nSPS) is 21.2. The first-order valence-corrected chi connectivity index (χ1v) is 10.1. The van der Waals surface area contributed by atoms with Gasteiger partial charge in [0, 0.05) is 24.1 Å². The van der Waals surface area contributed by atoms with Gasteiger partial charge in [-0.2, -0.15) is 0 Å². The van der Waals surface area contributed by atoms with Gasteiger partial charge in [0.25, 0.3) is 0 Å². The van der Waals surface area contributed by atoms with Crippen molar-refractivity contribution < 1.29 is 19.2 Å². The fraction of sp³-hybridized carbons (Fsp3) is 0.476. The van der Waals surface area contributed by atoms with Gasteiger partial charge in [-0.05, 0) is 30.5 Å². The molecule has 7 nitrogen and oxygen atoms in total. The van der Waals surface area contributed by atoms with Crippen LogP contribution in [0.4, 0.5) is 0 Å². The lowest BCUT2D eigenvalue weighted by Crippen LogP contribution is -2.48. The molecule has 1 aliphatic heterocycles. The molecule has 8 heteroatoms. The van der Waals surface area contributed by atoms with E-state index < -0.39 is 18.1 Å². The van der Waals surface area contributed by atoms with Crippen LogP contribution in [0.2, 0.25) is 5.02 Å². The number of β-amino-alcohol motifs (C(OH)–C–C–N with tert-alkyl or cyclic N) is 1. The molecular formula is C21H26ClN3O4. The van der Waals surface area contributed by atoms with E-state index >= 15 is 0 Å². The summed E-state index contributed by atoms with van der Waals surface area (Å²) >= 11 is 5.92. The predicted molar refractivity (Wildman–Crippen MR) is 108 cm³/mol. The van der Waals surface area contributed by atoms with Gasteiger partial charge in [0.2, 0.25) is 11.8 Å². The average molecular weight is 420 g/mol. The number of hydrogen-bond donors (Lipinski definition) is 2. The molecule has 0 spiro atoms. The number of nitrogens with one attached hydrogen (secondary N) is 1. The number of benzene rings is 1. The van der Waals surface area contributed by atoms with Gasteiger partial charge in [0.15, 0.2) is 0 Å². The third kappa shape index (κ3) is 4.79. The SMILES string of the molecule is CC(C)[C@H](C(=O)N1C[C@H](O)C[C@H]1C(=O)N[C@@H](C)c1ccc(Cl)cc1)c1ccno1. The summed E-state index contributed by atoms with van der Waals surface area (Å²) in [5.74, 6) is -0.693. The lowest BCUT2D eigenvalue weighted by Gasteiger charge is -2.29. The summed E-state index contributed by atoms with van der Waals surface area (Å²) in [4.78, 5) is 27.7. The van der Waals surface area contributed by atoms with Crippen molar-refractivity contribution in [3.05, 3.63) is 52.9 Å². The van der Waals surface area contributed by atoms with Crippen molar-refractivity contribution in [2.75, 3.05) is 6.54 Å². The molecule has 3 rings (SSSR count). The molecule has 2 aromatic rings. The van der Waals surface area contributed by atoms with E-state index in [0.29, 0.717) is 10.8 Å². The van der Waals surface area contributed by atoms with Crippen molar-refractivity contribution in [1.82, 2.24) is 15.4 Å². The van der Waals surface area contributed by atoms with Gasteiger partial charge in [-0.1, -0.05) is 42.7 Å². The van der Waals surface area contributed by atoms with Crippen LogP contribution >= 0.6 is 11.6 Å². The fourth-order valence-electron chi connectivity index (χ4n) is 3.75. The minimum Gasteiger partial charge on any atom is -0.391 e. The van der Waals surface area contributed by atoms with Crippen LogP contribution < -0.4 is 5.32 Å². The van der Waals surface area contributed by atoms with Crippen molar-refractivity contribution in [2.24, 2.45) is 5.92 Å². The molecule has 156 valence electrons. The highest BCUT2D eigenvalue weighted by Crippen LogP contribution is 2.30. The summed E-state index contributed by atoms with van der Waals surface area (Å²) < 4.78 is 5.22. The van der Waals surface area contributed by atoms with E-state index in [0.717, 1.165) is 5.56 Å². The van der Waals surface area contributed by atoms with Crippen LogP contribution in [0.5, 0.6) is 0 Å². The Morgan fingerprint density at radius 2 is 1.93 bits per heavy atom. The molecule has 4 atom stereocenters. The summed E-state index contributed by atoms with van der Waals surface area (Å²) in [5.41, 5.74) is 0.904. The summed E-state index contributed by atoms with van der Waals surface area (Å²) in [5, 5.41) is 17.4. The molecule has 1 aliphatic rings. The van der Waals surface area contributed by atoms with Crippen LogP contribution in [0.15, 0.2) is 41.1 Å². The molecule has 29 heavy (non-hydrogen) atoms. The van der Waals surface area contributed by atoms with E-state index in [1.165, 1.54) is 11.1 Å². The highest BCUT2D eigenvalue weighted by Gasteiger charge is 2.43. The van der Waals surface area contributed by atoms with E-state index in [4.69, 9.17) is 16.1 Å². The maximum Gasteiger partial charge on any atom is 0.243 e. The molecule has 1 fully saturated rings. The van der Waals surface area contributed by atoms with Gasteiger partial charge in [-0.15, -0.1) is 0 Å². The van der Waals surface area contributed by atoms with Gasteiger partial charge in [0.05, 0.1) is 18.3 Å². The third-order valence-corrected chi connectivity index (χ3v) is 5.54. The molecule has 2 heterocycles. The Morgan fingerprint density at radius 1 is 1.24 bits per heavy atom. The largest absolute Gasteiger partial charge is 0.391 e. The Hall–Kier alpha value is -2.38. The number of carbonyl (C=O) groups excluding carboxylic acids is 2. The Bertz CT molecular complexity index is 838. The first-order chi connectivity index (χ1) is 13.8. The lowest BCUT2D eigenvalue weighted by molar-refractivity contribution is -0.141. The van der Waals surface area contributed by atoms with Crippen molar-refractivity contribution in [3.63, 3.8) is 0 Å². The molecule has 0 saturated carbocycles. The number of halogens is 1. The zero-order chi connectivity index (χ0) is 21.1. The van der Waals surface area contributed by atoms with E-state index in [9.17, 15) is 14.7 Å². The summed E-state index contributed by atoms with van der Waals surface area (Å²) in [6.07, 6.45) is 0.948. The van der Waals surface area contributed by atoms with Crippen LogP contribution in [-0.4, -0.2) is 45.7 Å². The maximum atomic E-state index is 13.3. The standard InChI is InChI=1S/C21H26ClN3O4/c1-12(2)19(18-8-9-23-29-18)21(28)25-11-16(26)10-17(25)20(27)24-13(3)14-4-6-15(22)7-5-14/h4-9,12-13,16-17,19,26H,10-11H2,1-3H3,(H,24,27)/t13-,16+,17-,19-/m0/s1. The van der Waals surface area contributed by atoms with E-state index in [1.807, 2.05) is 32.9 Å². The first kappa shape index (κ1) is 21.3. The van der Waals surface area contributed by atoms with Crippen LogP contribution in [0.3, 0.4) is 0 Å². The van der Waals surface area contributed by atoms with Gasteiger partial charge in [0.1, 0.15) is 17.7 Å². The monoisotopic (exact) mass is 419 g/mol. The Kier molecular flexibility index (Phi) is 6.59. The molecule has 0 radical (unpaired) electrons. The quantitative estimate of drug-likeness (QED) is 0.750. The number of rotatable bonds is 6. The molecule has 0 aliphatic carbocycles. The number of hydrogen-bond acceptors (Lipinski definition) is 5. The Labute approximate surface area is 175 Å². The van der Waals surface area contributed by atoms with E-state index in [1.54, 1.807) is 18.2 Å². The van der Waals surface area contributed by atoms with Crippen LogP contribution in [-0.2, 0) is 9.59 Å². The van der Waals surface area contributed by atoms with Crippen LogP contribution in [0.1, 0.15) is 50.5 Å². The van der Waals surface area contributed by atoms with Gasteiger partial charge in [-0.3, -0.25) is 9.59 Å². The second kappa shape index (κ2) is 8.97. The molecule has 1 saturated heterocycles. The second-order valence-electron chi connectivity index (χ2n) is 7.81. The lowest BCUT2D eigenvalue weighted by atomic mass is 9.91. The van der Waals surface area contributed by atoms with Crippen molar-refractivity contribution in [2.45, 2.75) is 51.3 Å². The van der Waals surface area contributed by atoms with Crippen molar-refractivity contribution in [3.8, 4) is 0 Å². The maximum absolute atomic E-state index is 13.3. The van der Waals surface area contributed by atoms with E-state index in [2.05, 4.69) is 10.5 Å². The summed E-state index contributed by atoms with van der Waals surface area (Å²) in [6.45, 7) is 5.80. The van der Waals surface area contributed by atoms with Crippen molar-refractivity contribution in [1.29, 1.82) is 0 Å². The Balaban J connectivity index is 1.75. The van der Waals surface area contributed by atoms with Crippen LogP contribution in [0, 0.1) is 5.92 Å². The first-order valence-electron chi connectivity index (χ1n) is 9.73. The molecular weight excluding hydrogens is 394 g/mol. The number of aliphatic hydroxyl groups is 1. The summed E-state index contributed by atoms with van der Waals surface area (Å²) in [7, 11) is 0. The third-order valence-electron chi connectivity index (χ3n) is 5.29. The van der Waals surface area contributed by atoms with Gasteiger partial charge in [-0.25, -0.2) is 0 Å². The minimum absolute atomic E-state index is 0.0510. The molecule has 1 aromatic carbocycles. The van der Waals surface area contributed by atoms with Crippen molar-refractivity contribution >= 4 is 23.4 Å². The van der Waals surface area contributed by atoms with E-state index in [-0.39, 0.29) is 36.7 Å². The highest BCUT2D eigenvalue weighted by atomic mass is 35.5. The Morgan fingerprint density at radius 3 is 2.52 bits per heavy atom. The second-order valence-corrected chi connectivity index (χ2v) is 8.25. The number of likely N-dealkylation sites (tertiary alicyclic amines) is 1. The fourth-order valence-corrected chi connectivity index (χ4v) is 3.88. The smallest absolute Gasteiger partial charge is 0.243 e. The van der Waals surface area contributed by atoms with Gasteiger partial charge < -0.3 is 19.8 Å². The average Bonchev–Trinajstić information content (AvgIpc) is 3.31. The zero-order valence-electron chi connectivity index (χ0n) is 16.7. The number of amides is 2. The number of aromatic nitrogens is 1. The molecule has 0 unspecified atom stereocenters. The van der Waals surface area contributed by atoms with Crippen LogP contribution in [0.25, 0.3) is 0 Å².